The molecule has 0 radical (unpaired) electrons. The van der Waals surface area contributed by atoms with Gasteiger partial charge < -0.3 is 18.5 Å². The molecule has 5 aromatic rings. The van der Waals surface area contributed by atoms with Crippen LogP contribution in [0, 0.1) is 0 Å². The summed E-state index contributed by atoms with van der Waals surface area (Å²) >= 11 is 0. The molecule has 0 saturated carbocycles. The number of fused-ring (bicyclic) bond motifs is 2. The number of hydrogen-bond donors (Lipinski definition) is 0. The third-order valence-electron chi connectivity index (χ3n) is 5.48. The second-order valence-corrected chi connectivity index (χ2v) is 7.75. The Balaban J connectivity index is 1.34. The third kappa shape index (κ3) is 4.23. The molecule has 0 spiro atoms. The molecule has 2 heterocycles. The predicted molar refractivity (Wildman–Crippen MR) is 127 cm³/mol. The molecule has 0 saturated heterocycles. The van der Waals surface area contributed by atoms with Crippen LogP contribution in [-0.2, 0) is 20.3 Å². The molecule has 3 aromatic carbocycles. The SMILES string of the molecule is Cn1cc(OCc2ccccc2)c(=O)cc1COc1ccc2c(=O)c3ccccc3oc2c1. The lowest BCUT2D eigenvalue weighted by atomic mass is 10.1. The molecule has 0 aliphatic rings. The summed E-state index contributed by atoms with van der Waals surface area (Å²) in [6, 6.07) is 23.5. The van der Waals surface area contributed by atoms with Gasteiger partial charge in [-0.25, -0.2) is 0 Å². The predicted octanol–water partition coefficient (Wildman–Crippen LogP) is 4.80. The van der Waals surface area contributed by atoms with Crippen molar-refractivity contribution >= 4 is 21.9 Å². The van der Waals surface area contributed by atoms with Gasteiger partial charge in [-0.05, 0) is 29.8 Å². The minimum atomic E-state index is -0.210. The van der Waals surface area contributed by atoms with Gasteiger partial charge in [0.15, 0.2) is 5.75 Å². The van der Waals surface area contributed by atoms with Crippen LogP contribution in [0.4, 0.5) is 0 Å². The molecule has 5 rings (SSSR count). The van der Waals surface area contributed by atoms with E-state index in [2.05, 4.69) is 0 Å². The molecule has 0 amide bonds. The first kappa shape index (κ1) is 20.6. The maximum absolute atomic E-state index is 12.7. The van der Waals surface area contributed by atoms with Crippen molar-refractivity contribution in [1.82, 2.24) is 4.57 Å². The molecule has 0 bridgehead atoms. The minimum Gasteiger partial charge on any atom is -0.487 e. The molecule has 6 nitrogen and oxygen atoms in total. The maximum atomic E-state index is 12.7. The Morgan fingerprint density at radius 2 is 1.55 bits per heavy atom. The van der Waals surface area contributed by atoms with Crippen LogP contribution < -0.4 is 20.3 Å². The molecule has 0 atom stereocenters. The van der Waals surface area contributed by atoms with E-state index in [-0.39, 0.29) is 23.2 Å². The molecular formula is C27H21NO5. The summed E-state index contributed by atoms with van der Waals surface area (Å²) in [4.78, 5) is 25.2. The number of hydrogen-bond acceptors (Lipinski definition) is 5. The summed E-state index contributed by atoms with van der Waals surface area (Å²) in [5, 5.41) is 1.04. The van der Waals surface area contributed by atoms with E-state index in [1.807, 2.05) is 49.5 Å². The van der Waals surface area contributed by atoms with Gasteiger partial charge in [0, 0.05) is 19.2 Å². The number of ether oxygens (including phenoxy) is 2. The average molecular weight is 439 g/mol. The van der Waals surface area contributed by atoms with Crippen molar-refractivity contribution in [2.45, 2.75) is 13.2 Å². The van der Waals surface area contributed by atoms with Crippen molar-refractivity contribution in [3.63, 3.8) is 0 Å². The number of pyridine rings is 1. The molecule has 2 aromatic heterocycles. The summed E-state index contributed by atoms with van der Waals surface area (Å²) in [6.45, 7) is 0.497. The highest BCUT2D eigenvalue weighted by Crippen LogP contribution is 2.23. The Kier molecular flexibility index (Phi) is 5.40. The van der Waals surface area contributed by atoms with Gasteiger partial charge in [-0.3, -0.25) is 9.59 Å². The van der Waals surface area contributed by atoms with E-state index in [1.54, 1.807) is 41.1 Å². The summed E-state index contributed by atoms with van der Waals surface area (Å²) in [7, 11) is 1.83. The zero-order valence-corrected chi connectivity index (χ0v) is 18.0. The molecule has 0 unspecified atom stereocenters. The fraction of sp³-hybridized carbons (Fsp3) is 0.111. The third-order valence-corrected chi connectivity index (χ3v) is 5.48. The van der Waals surface area contributed by atoms with Gasteiger partial charge >= 0.3 is 0 Å². The van der Waals surface area contributed by atoms with E-state index >= 15 is 0 Å². The van der Waals surface area contributed by atoms with Crippen molar-refractivity contribution in [2.75, 3.05) is 0 Å². The van der Waals surface area contributed by atoms with Gasteiger partial charge in [-0.1, -0.05) is 42.5 Å². The Labute approximate surface area is 189 Å². The van der Waals surface area contributed by atoms with E-state index in [0.29, 0.717) is 40.0 Å². The van der Waals surface area contributed by atoms with Crippen molar-refractivity contribution in [3.8, 4) is 11.5 Å². The number of para-hydroxylation sites is 1. The van der Waals surface area contributed by atoms with Crippen LogP contribution in [0.3, 0.4) is 0 Å². The molecule has 33 heavy (non-hydrogen) atoms. The summed E-state index contributed by atoms with van der Waals surface area (Å²) < 4.78 is 19.3. The Bertz CT molecular complexity index is 1570. The molecule has 0 aliphatic carbocycles. The van der Waals surface area contributed by atoms with E-state index in [0.717, 1.165) is 5.56 Å². The molecule has 0 fully saturated rings. The lowest BCUT2D eigenvalue weighted by Crippen LogP contribution is -2.15. The van der Waals surface area contributed by atoms with Crippen LogP contribution in [0.2, 0.25) is 0 Å². The van der Waals surface area contributed by atoms with E-state index in [1.165, 1.54) is 6.07 Å². The van der Waals surface area contributed by atoms with Crippen LogP contribution in [0.15, 0.2) is 99.1 Å². The van der Waals surface area contributed by atoms with Gasteiger partial charge in [-0.2, -0.15) is 0 Å². The zero-order chi connectivity index (χ0) is 22.8. The molecule has 164 valence electrons. The maximum Gasteiger partial charge on any atom is 0.223 e. The van der Waals surface area contributed by atoms with Gasteiger partial charge in [0.1, 0.15) is 30.1 Å². The highest BCUT2D eigenvalue weighted by atomic mass is 16.5. The summed E-state index contributed by atoms with van der Waals surface area (Å²) in [5.74, 6) is 0.822. The smallest absolute Gasteiger partial charge is 0.223 e. The number of nitrogens with zero attached hydrogens (tertiary/aromatic N) is 1. The Morgan fingerprint density at radius 3 is 2.39 bits per heavy atom. The second-order valence-electron chi connectivity index (χ2n) is 7.75. The standard InChI is InChI=1S/C27H21NO5/c1-28-15-26(32-16-18-7-3-2-4-8-18)23(29)13-19(28)17-31-20-11-12-22-25(14-20)33-24-10-6-5-9-21(24)27(22)30/h2-15H,16-17H2,1H3. The monoisotopic (exact) mass is 439 g/mol. The topological polar surface area (TPSA) is 70.7 Å². The van der Waals surface area contributed by atoms with Crippen LogP contribution in [0.1, 0.15) is 11.3 Å². The first-order valence-electron chi connectivity index (χ1n) is 10.5. The van der Waals surface area contributed by atoms with Crippen LogP contribution in [0.25, 0.3) is 21.9 Å². The quantitative estimate of drug-likeness (QED) is 0.355. The van der Waals surface area contributed by atoms with Crippen molar-refractivity contribution in [3.05, 3.63) is 117 Å². The van der Waals surface area contributed by atoms with E-state index in [4.69, 9.17) is 13.9 Å². The molecule has 0 aliphatic heterocycles. The van der Waals surface area contributed by atoms with Gasteiger partial charge in [0.2, 0.25) is 10.9 Å². The summed E-state index contributed by atoms with van der Waals surface area (Å²) in [5.41, 5.74) is 2.37. The number of rotatable bonds is 6. The van der Waals surface area contributed by atoms with E-state index < -0.39 is 0 Å². The van der Waals surface area contributed by atoms with Crippen molar-refractivity contribution < 1.29 is 13.9 Å². The van der Waals surface area contributed by atoms with Gasteiger partial charge in [0.25, 0.3) is 0 Å². The van der Waals surface area contributed by atoms with Gasteiger partial charge in [-0.15, -0.1) is 0 Å². The highest BCUT2D eigenvalue weighted by molar-refractivity contribution is 5.90. The van der Waals surface area contributed by atoms with Crippen LogP contribution in [0.5, 0.6) is 11.5 Å². The lowest BCUT2D eigenvalue weighted by Gasteiger charge is -2.13. The van der Waals surface area contributed by atoms with Crippen molar-refractivity contribution in [1.29, 1.82) is 0 Å². The molecular weight excluding hydrogens is 418 g/mol. The van der Waals surface area contributed by atoms with E-state index in [9.17, 15) is 9.59 Å². The lowest BCUT2D eigenvalue weighted by molar-refractivity contribution is 0.287. The van der Waals surface area contributed by atoms with Crippen molar-refractivity contribution in [2.24, 2.45) is 7.05 Å². The normalized spacial score (nSPS) is 11.1. The zero-order valence-electron chi connectivity index (χ0n) is 18.0. The molecule has 0 N–H and O–H groups in total. The number of aromatic nitrogens is 1. The Hall–Kier alpha value is -4.32. The second kappa shape index (κ2) is 8.67. The van der Waals surface area contributed by atoms with Gasteiger partial charge in [0.05, 0.1) is 22.7 Å². The fourth-order valence-electron chi connectivity index (χ4n) is 3.66. The average Bonchev–Trinajstić information content (AvgIpc) is 2.84. The first-order valence-corrected chi connectivity index (χ1v) is 10.5. The number of benzene rings is 3. The Morgan fingerprint density at radius 1 is 0.788 bits per heavy atom. The summed E-state index contributed by atoms with van der Waals surface area (Å²) in [6.07, 6.45) is 1.66. The highest BCUT2D eigenvalue weighted by Gasteiger charge is 2.10. The van der Waals surface area contributed by atoms with Crippen LogP contribution >= 0.6 is 0 Å². The number of aryl methyl sites for hydroxylation is 1. The fourth-order valence-corrected chi connectivity index (χ4v) is 3.66. The first-order chi connectivity index (χ1) is 16.1. The largest absolute Gasteiger partial charge is 0.487 e. The van der Waals surface area contributed by atoms with Crippen LogP contribution in [-0.4, -0.2) is 4.57 Å². The molecule has 6 heteroatoms. The minimum absolute atomic E-state index is 0.0770.